The molecule has 0 aliphatic rings. The Morgan fingerprint density at radius 1 is 1.25 bits per heavy atom. The highest BCUT2D eigenvalue weighted by atomic mass is 35.5. The zero-order valence-corrected chi connectivity index (χ0v) is 16.9. The van der Waals surface area contributed by atoms with Crippen molar-refractivity contribution in [2.24, 2.45) is 5.10 Å². The van der Waals surface area contributed by atoms with E-state index in [1.807, 2.05) is 35.7 Å². The number of amides is 1. The summed E-state index contributed by atoms with van der Waals surface area (Å²) in [5.41, 5.74) is 5.05. The SMILES string of the molecule is COc1cc(/C=N\NC(=O)Cc2nc(-c3ccccc3)cs2)cc(Cl)c1OC. The minimum absolute atomic E-state index is 0.154. The molecule has 144 valence electrons. The normalized spacial score (nSPS) is 10.8. The number of nitrogens with one attached hydrogen (secondary N) is 1. The van der Waals surface area contributed by atoms with Gasteiger partial charge in [-0.1, -0.05) is 41.9 Å². The van der Waals surface area contributed by atoms with Crippen molar-refractivity contribution in [1.82, 2.24) is 10.4 Å². The lowest BCUT2D eigenvalue weighted by Crippen LogP contribution is -2.19. The smallest absolute Gasteiger partial charge is 0.246 e. The number of aromatic nitrogens is 1. The number of nitrogens with zero attached hydrogens (tertiary/aromatic N) is 2. The van der Waals surface area contributed by atoms with Crippen LogP contribution in [0.25, 0.3) is 11.3 Å². The van der Waals surface area contributed by atoms with Gasteiger partial charge in [0.15, 0.2) is 11.5 Å². The van der Waals surface area contributed by atoms with Crippen molar-refractivity contribution in [1.29, 1.82) is 0 Å². The van der Waals surface area contributed by atoms with Crippen LogP contribution in [0.2, 0.25) is 5.02 Å². The first-order chi connectivity index (χ1) is 13.6. The van der Waals surface area contributed by atoms with Crippen LogP contribution in [0.5, 0.6) is 11.5 Å². The van der Waals surface area contributed by atoms with E-state index in [0.29, 0.717) is 22.1 Å². The van der Waals surface area contributed by atoms with Crippen LogP contribution in [0.15, 0.2) is 52.9 Å². The molecule has 0 bridgehead atoms. The molecule has 1 aromatic heterocycles. The molecule has 1 N–H and O–H groups in total. The predicted molar refractivity (Wildman–Crippen MR) is 112 cm³/mol. The average molecular weight is 416 g/mol. The molecular weight excluding hydrogens is 398 g/mol. The third-order valence-electron chi connectivity index (χ3n) is 3.79. The van der Waals surface area contributed by atoms with Gasteiger partial charge in [0, 0.05) is 10.9 Å². The molecule has 0 saturated heterocycles. The number of carbonyl (C=O) groups is 1. The van der Waals surface area contributed by atoms with Crippen LogP contribution in [-0.2, 0) is 11.2 Å². The van der Waals surface area contributed by atoms with Gasteiger partial charge in [-0.25, -0.2) is 10.4 Å². The Hall–Kier alpha value is -2.90. The summed E-state index contributed by atoms with van der Waals surface area (Å²) in [6, 6.07) is 13.2. The van der Waals surface area contributed by atoms with E-state index in [1.165, 1.54) is 31.8 Å². The highest BCUT2D eigenvalue weighted by Gasteiger charge is 2.11. The lowest BCUT2D eigenvalue weighted by molar-refractivity contribution is -0.120. The second kappa shape index (κ2) is 9.34. The zero-order valence-electron chi connectivity index (χ0n) is 15.3. The van der Waals surface area contributed by atoms with Crippen LogP contribution in [0.1, 0.15) is 10.6 Å². The first-order valence-corrected chi connectivity index (χ1v) is 9.59. The summed E-state index contributed by atoms with van der Waals surface area (Å²) in [4.78, 5) is 16.6. The lowest BCUT2D eigenvalue weighted by atomic mass is 10.2. The molecule has 0 fully saturated rings. The average Bonchev–Trinajstić information content (AvgIpc) is 3.16. The fourth-order valence-corrected chi connectivity index (χ4v) is 3.60. The summed E-state index contributed by atoms with van der Waals surface area (Å²) in [5.74, 6) is 0.680. The maximum absolute atomic E-state index is 12.1. The number of halogens is 1. The summed E-state index contributed by atoms with van der Waals surface area (Å²) in [7, 11) is 3.04. The van der Waals surface area contributed by atoms with E-state index in [1.54, 1.807) is 12.1 Å². The van der Waals surface area contributed by atoms with Crippen LogP contribution in [0.4, 0.5) is 0 Å². The molecule has 28 heavy (non-hydrogen) atoms. The van der Waals surface area contributed by atoms with Crippen molar-refractivity contribution >= 4 is 35.1 Å². The third kappa shape index (κ3) is 4.88. The van der Waals surface area contributed by atoms with E-state index < -0.39 is 0 Å². The summed E-state index contributed by atoms with van der Waals surface area (Å²) in [5, 5.41) is 7.03. The van der Waals surface area contributed by atoms with Gasteiger partial charge < -0.3 is 9.47 Å². The Kier molecular flexibility index (Phi) is 6.62. The van der Waals surface area contributed by atoms with Crippen LogP contribution in [0.3, 0.4) is 0 Å². The molecular formula is C20H18ClN3O3S. The van der Waals surface area contributed by atoms with E-state index in [4.69, 9.17) is 21.1 Å². The van der Waals surface area contributed by atoms with Crippen molar-refractivity contribution in [3.8, 4) is 22.8 Å². The van der Waals surface area contributed by atoms with Crippen molar-refractivity contribution in [3.63, 3.8) is 0 Å². The minimum atomic E-state index is -0.253. The Bertz CT molecular complexity index is 990. The van der Waals surface area contributed by atoms with Gasteiger partial charge in [0.05, 0.1) is 37.6 Å². The highest BCUT2D eigenvalue weighted by molar-refractivity contribution is 7.10. The van der Waals surface area contributed by atoms with Crippen LogP contribution < -0.4 is 14.9 Å². The fraction of sp³-hybridized carbons (Fsp3) is 0.150. The van der Waals surface area contributed by atoms with Gasteiger partial charge in [-0.3, -0.25) is 4.79 Å². The molecule has 0 saturated carbocycles. The molecule has 8 heteroatoms. The number of carbonyl (C=O) groups excluding carboxylic acids is 1. The summed E-state index contributed by atoms with van der Waals surface area (Å²) < 4.78 is 10.4. The van der Waals surface area contributed by atoms with Crippen molar-refractivity contribution in [2.75, 3.05) is 14.2 Å². The van der Waals surface area contributed by atoms with Crippen LogP contribution in [0, 0.1) is 0 Å². The van der Waals surface area contributed by atoms with Gasteiger partial charge in [-0.2, -0.15) is 5.10 Å². The quantitative estimate of drug-likeness (QED) is 0.464. The topological polar surface area (TPSA) is 72.8 Å². The minimum Gasteiger partial charge on any atom is -0.493 e. The Labute approximate surface area is 171 Å². The third-order valence-corrected chi connectivity index (χ3v) is 4.92. The summed E-state index contributed by atoms with van der Waals surface area (Å²) in [6.07, 6.45) is 1.64. The second-order valence-electron chi connectivity index (χ2n) is 5.70. The van der Waals surface area contributed by atoms with E-state index in [9.17, 15) is 4.79 Å². The van der Waals surface area contributed by atoms with Gasteiger partial charge in [0.25, 0.3) is 0 Å². The van der Waals surface area contributed by atoms with E-state index in [0.717, 1.165) is 16.3 Å². The molecule has 6 nitrogen and oxygen atoms in total. The molecule has 1 heterocycles. The molecule has 2 aromatic carbocycles. The number of hydrogen-bond donors (Lipinski definition) is 1. The van der Waals surface area contributed by atoms with Crippen LogP contribution in [-0.4, -0.2) is 31.3 Å². The number of hydrogen-bond acceptors (Lipinski definition) is 6. The molecule has 0 aliphatic carbocycles. The van der Waals surface area contributed by atoms with Gasteiger partial charge in [-0.15, -0.1) is 11.3 Å². The predicted octanol–water partition coefficient (Wildman–Crippen LogP) is 4.17. The fourth-order valence-electron chi connectivity index (χ4n) is 2.50. The molecule has 3 rings (SSSR count). The molecule has 3 aromatic rings. The van der Waals surface area contributed by atoms with Crippen molar-refractivity contribution < 1.29 is 14.3 Å². The summed E-state index contributed by atoms with van der Waals surface area (Å²) in [6.45, 7) is 0. The summed E-state index contributed by atoms with van der Waals surface area (Å²) >= 11 is 7.60. The molecule has 1 amide bonds. The second-order valence-corrected chi connectivity index (χ2v) is 7.05. The Morgan fingerprint density at radius 2 is 2.04 bits per heavy atom. The maximum Gasteiger partial charge on any atom is 0.246 e. The molecule has 0 atom stereocenters. The zero-order chi connectivity index (χ0) is 19.9. The molecule has 0 spiro atoms. The maximum atomic E-state index is 12.1. The van der Waals surface area contributed by atoms with Crippen molar-refractivity contribution in [2.45, 2.75) is 6.42 Å². The van der Waals surface area contributed by atoms with Gasteiger partial charge in [-0.05, 0) is 17.7 Å². The number of ether oxygens (including phenoxy) is 2. The van der Waals surface area contributed by atoms with Gasteiger partial charge in [0.1, 0.15) is 5.01 Å². The van der Waals surface area contributed by atoms with Crippen molar-refractivity contribution in [3.05, 3.63) is 63.4 Å². The monoisotopic (exact) mass is 415 g/mol. The molecule has 0 unspecified atom stereocenters. The standard InChI is InChI=1S/C20H18ClN3O3S/c1-26-17-9-13(8-15(21)20(17)27-2)11-22-24-18(25)10-19-23-16(12-28-19)14-6-4-3-5-7-14/h3-9,11-12H,10H2,1-2H3,(H,24,25)/b22-11-. The first kappa shape index (κ1) is 19.9. The Morgan fingerprint density at radius 3 is 2.75 bits per heavy atom. The number of benzene rings is 2. The van der Waals surface area contributed by atoms with E-state index in [2.05, 4.69) is 15.5 Å². The van der Waals surface area contributed by atoms with E-state index >= 15 is 0 Å². The van der Waals surface area contributed by atoms with Crippen LogP contribution >= 0.6 is 22.9 Å². The number of hydrazone groups is 1. The number of thiazole rings is 1. The largest absolute Gasteiger partial charge is 0.493 e. The number of methoxy groups -OCH3 is 2. The van der Waals surface area contributed by atoms with Gasteiger partial charge >= 0.3 is 0 Å². The highest BCUT2D eigenvalue weighted by Crippen LogP contribution is 2.35. The van der Waals surface area contributed by atoms with Gasteiger partial charge in [0.2, 0.25) is 5.91 Å². The molecule has 0 aliphatic heterocycles. The van der Waals surface area contributed by atoms with E-state index in [-0.39, 0.29) is 12.3 Å². The Balaban J connectivity index is 1.60. The first-order valence-electron chi connectivity index (χ1n) is 8.34. The lowest BCUT2D eigenvalue weighted by Gasteiger charge is -2.09. The molecule has 0 radical (unpaired) electrons. The number of rotatable bonds is 7.